The summed E-state index contributed by atoms with van der Waals surface area (Å²) in [6.45, 7) is 5.93. The zero-order valence-electron chi connectivity index (χ0n) is 14.3. The van der Waals surface area contributed by atoms with E-state index < -0.39 is 12.1 Å². The van der Waals surface area contributed by atoms with Gasteiger partial charge in [0.05, 0.1) is 5.56 Å². The summed E-state index contributed by atoms with van der Waals surface area (Å²) in [5, 5.41) is 2.79. The van der Waals surface area contributed by atoms with Gasteiger partial charge in [-0.1, -0.05) is 47.5 Å². The first-order chi connectivity index (χ1) is 11.5. The monoisotopic (exact) mass is 325 g/mol. The molecule has 0 radical (unpaired) electrons. The fourth-order valence-corrected chi connectivity index (χ4v) is 2.49. The lowest BCUT2D eigenvalue weighted by Gasteiger charge is -2.14. The molecule has 4 nitrogen and oxygen atoms in total. The molecule has 1 amide bonds. The van der Waals surface area contributed by atoms with E-state index in [1.807, 2.05) is 50.2 Å². The van der Waals surface area contributed by atoms with Crippen LogP contribution in [0.1, 0.15) is 34.0 Å². The van der Waals surface area contributed by atoms with Crippen molar-refractivity contribution in [3.8, 4) is 0 Å². The average molecular weight is 325 g/mol. The summed E-state index contributed by atoms with van der Waals surface area (Å²) >= 11 is 0. The molecule has 24 heavy (non-hydrogen) atoms. The van der Waals surface area contributed by atoms with Gasteiger partial charge in [-0.25, -0.2) is 4.79 Å². The van der Waals surface area contributed by atoms with Crippen LogP contribution in [0.3, 0.4) is 0 Å². The molecule has 4 heteroatoms. The lowest BCUT2D eigenvalue weighted by Crippen LogP contribution is -2.36. The third-order valence-corrected chi connectivity index (χ3v) is 3.67. The summed E-state index contributed by atoms with van der Waals surface area (Å²) in [4.78, 5) is 24.2. The molecule has 0 heterocycles. The number of carbonyl (C=O) groups excluding carboxylic acids is 2. The number of carbonyl (C=O) groups is 2. The van der Waals surface area contributed by atoms with Gasteiger partial charge in [-0.05, 0) is 44.9 Å². The number of esters is 1. The highest BCUT2D eigenvalue weighted by molar-refractivity contribution is 5.92. The van der Waals surface area contributed by atoms with E-state index in [0.717, 1.165) is 23.1 Å². The van der Waals surface area contributed by atoms with Crippen LogP contribution in [-0.4, -0.2) is 24.5 Å². The minimum absolute atomic E-state index is 0.288. The number of hydrogen-bond acceptors (Lipinski definition) is 3. The first-order valence-electron chi connectivity index (χ1n) is 8.06. The van der Waals surface area contributed by atoms with Gasteiger partial charge in [0.15, 0.2) is 6.10 Å². The minimum atomic E-state index is -0.825. The molecule has 126 valence electrons. The molecule has 0 aromatic heterocycles. The number of amides is 1. The maximum atomic E-state index is 12.2. The summed E-state index contributed by atoms with van der Waals surface area (Å²) in [7, 11) is 0. The second kappa shape index (κ2) is 8.29. The molecule has 2 aromatic rings. The van der Waals surface area contributed by atoms with Crippen LogP contribution >= 0.6 is 0 Å². The van der Waals surface area contributed by atoms with Crippen LogP contribution in [0.2, 0.25) is 0 Å². The molecule has 1 atom stereocenters. The van der Waals surface area contributed by atoms with Crippen molar-refractivity contribution in [1.82, 2.24) is 5.32 Å². The first kappa shape index (κ1) is 17.7. The summed E-state index contributed by atoms with van der Waals surface area (Å²) in [5.74, 6) is -0.767. The Morgan fingerprint density at radius 1 is 1.04 bits per heavy atom. The smallest absolute Gasteiger partial charge is 0.338 e. The second-order valence-electron chi connectivity index (χ2n) is 5.95. The van der Waals surface area contributed by atoms with Gasteiger partial charge < -0.3 is 10.1 Å². The number of hydrogen-bond donors (Lipinski definition) is 1. The third-order valence-electron chi connectivity index (χ3n) is 3.67. The number of aryl methyl sites for hydroxylation is 2. The standard InChI is InChI=1S/C20H23NO3/c1-14-11-15(2)13-18(12-14)20(23)24-16(3)19(22)21-10-9-17-7-5-4-6-8-17/h4-8,11-13,16H,9-10H2,1-3H3,(H,21,22). The lowest BCUT2D eigenvalue weighted by molar-refractivity contribution is -0.129. The van der Waals surface area contributed by atoms with Gasteiger partial charge >= 0.3 is 5.97 Å². The number of benzene rings is 2. The molecule has 0 aliphatic carbocycles. The summed E-state index contributed by atoms with van der Waals surface area (Å²) in [6.07, 6.45) is -0.0845. The van der Waals surface area contributed by atoms with Gasteiger partial charge in [-0.15, -0.1) is 0 Å². The predicted octanol–water partition coefficient (Wildman–Crippen LogP) is 3.21. The van der Waals surface area contributed by atoms with Crippen LogP contribution in [0.15, 0.2) is 48.5 Å². The number of ether oxygens (including phenoxy) is 1. The van der Waals surface area contributed by atoms with Crippen molar-refractivity contribution in [1.29, 1.82) is 0 Å². The predicted molar refractivity (Wildman–Crippen MR) is 93.9 cm³/mol. The van der Waals surface area contributed by atoms with Crippen molar-refractivity contribution in [3.63, 3.8) is 0 Å². The van der Waals surface area contributed by atoms with Crippen LogP contribution in [0.5, 0.6) is 0 Å². The normalized spacial score (nSPS) is 11.6. The maximum Gasteiger partial charge on any atom is 0.338 e. The quantitative estimate of drug-likeness (QED) is 0.830. The van der Waals surface area contributed by atoms with Crippen molar-refractivity contribution in [3.05, 3.63) is 70.8 Å². The summed E-state index contributed by atoms with van der Waals surface area (Å²) in [5.41, 5.74) is 3.60. The van der Waals surface area contributed by atoms with Crippen molar-refractivity contribution in [2.75, 3.05) is 6.54 Å². The van der Waals surface area contributed by atoms with Crippen molar-refractivity contribution in [2.24, 2.45) is 0 Å². The Morgan fingerprint density at radius 3 is 2.29 bits per heavy atom. The Balaban J connectivity index is 1.83. The van der Waals surface area contributed by atoms with Gasteiger partial charge in [0.25, 0.3) is 5.91 Å². The van der Waals surface area contributed by atoms with E-state index in [2.05, 4.69) is 5.32 Å². The molecule has 1 unspecified atom stereocenters. The van der Waals surface area contributed by atoms with Gasteiger partial charge in [-0.2, -0.15) is 0 Å². The molecular formula is C20H23NO3. The van der Waals surface area contributed by atoms with E-state index >= 15 is 0 Å². The Hall–Kier alpha value is -2.62. The van der Waals surface area contributed by atoms with Gasteiger partial charge in [0.1, 0.15) is 0 Å². The van der Waals surface area contributed by atoms with Crippen LogP contribution in [-0.2, 0) is 16.0 Å². The van der Waals surface area contributed by atoms with E-state index in [0.29, 0.717) is 12.1 Å². The van der Waals surface area contributed by atoms with E-state index in [1.165, 1.54) is 0 Å². The highest BCUT2D eigenvalue weighted by Crippen LogP contribution is 2.11. The molecule has 2 aromatic carbocycles. The van der Waals surface area contributed by atoms with E-state index in [-0.39, 0.29) is 5.91 Å². The molecule has 0 spiro atoms. The van der Waals surface area contributed by atoms with Crippen molar-refractivity contribution in [2.45, 2.75) is 33.3 Å². The van der Waals surface area contributed by atoms with Gasteiger partial charge in [0, 0.05) is 6.54 Å². The second-order valence-corrected chi connectivity index (χ2v) is 5.95. The molecule has 0 aliphatic rings. The maximum absolute atomic E-state index is 12.2. The van der Waals surface area contributed by atoms with Crippen LogP contribution < -0.4 is 5.32 Å². The Labute approximate surface area is 142 Å². The Kier molecular flexibility index (Phi) is 6.13. The van der Waals surface area contributed by atoms with Gasteiger partial charge in [-0.3, -0.25) is 4.79 Å². The molecule has 0 aliphatic heterocycles. The molecule has 1 N–H and O–H groups in total. The molecule has 0 fully saturated rings. The van der Waals surface area contributed by atoms with Crippen LogP contribution in [0, 0.1) is 13.8 Å². The third kappa shape index (κ3) is 5.23. The Bertz CT molecular complexity index is 690. The fourth-order valence-electron chi connectivity index (χ4n) is 2.49. The molecule has 0 saturated carbocycles. The van der Waals surface area contributed by atoms with Crippen molar-refractivity contribution >= 4 is 11.9 Å². The highest BCUT2D eigenvalue weighted by Gasteiger charge is 2.18. The molecular weight excluding hydrogens is 302 g/mol. The number of rotatable bonds is 6. The van der Waals surface area contributed by atoms with Gasteiger partial charge in [0.2, 0.25) is 0 Å². The van der Waals surface area contributed by atoms with Crippen LogP contribution in [0.4, 0.5) is 0 Å². The van der Waals surface area contributed by atoms with E-state index in [4.69, 9.17) is 4.74 Å². The Morgan fingerprint density at radius 2 is 1.67 bits per heavy atom. The average Bonchev–Trinajstić information content (AvgIpc) is 2.54. The van der Waals surface area contributed by atoms with Crippen molar-refractivity contribution < 1.29 is 14.3 Å². The SMILES string of the molecule is Cc1cc(C)cc(C(=O)OC(C)C(=O)NCCc2ccccc2)c1. The number of nitrogens with one attached hydrogen (secondary N) is 1. The summed E-state index contributed by atoms with van der Waals surface area (Å²) < 4.78 is 5.26. The van der Waals surface area contributed by atoms with E-state index in [9.17, 15) is 9.59 Å². The highest BCUT2D eigenvalue weighted by atomic mass is 16.5. The molecule has 0 saturated heterocycles. The topological polar surface area (TPSA) is 55.4 Å². The largest absolute Gasteiger partial charge is 0.449 e. The van der Waals surface area contributed by atoms with Crippen LogP contribution in [0.25, 0.3) is 0 Å². The lowest BCUT2D eigenvalue weighted by atomic mass is 10.1. The zero-order chi connectivity index (χ0) is 17.5. The molecule has 0 bridgehead atoms. The van der Waals surface area contributed by atoms with E-state index in [1.54, 1.807) is 19.1 Å². The molecule has 2 rings (SSSR count). The summed E-state index contributed by atoms with van der Waals surface area (Å²) in [6, 6.07) is 15.4. The fraction of sp³-hybridized carbons (Fsp3) is 0.300. The zero-order valence-corrected chi connectivity index (χ0v) is 14.3. The minimum Gasteiger partial charge on any atom is -0.449 e. The first-order valence-corrected chi connectivity index (χ1v) is 8.06.